The lowest BCUT2D eigenvalue weighted by Gasteiger charge is -2.55. The van der Waals surface area contributed by atoms with Gasteiger partial charge in [-0.25, -0.2) is 0 Å². The Morgan fingerprint density at radius 2 is 1.50 bits per heavy atom. The van der Waals surface area contributed by atoms with Gasteiger partial charge in [0.25, 0.3) is 0 Å². The van der Waals surface area contributed by atoms with Gasteiger partial charge in [0.15, 0.2) is 0 Å². The molecule has 0 amide bonds. The van der Waals surface area contributed by atoms with Crippen molar-refractivity contribution in [3.8, 4) is 11.5 Å². The van der Waals surface area contributed by atoms with Crippen LogP contribution >= 0.6 is 0 Å². The third-order valence-electron chi connectivity index (χ3n) is 6.07. The molecule has 4 bridgehead atoms. The van der Waals surface area contributed by atoms with Crippen LogP contribution in [0.2, 0.25) is 0 Å². The molecule has 4 heteroatoms. The van der Waals surface area contributed by atoms with Crippen LogP contribution in [0, 0.1) is 17.8 Å². The summed E-state index contributed by atoms with van der Waals surface area (Å²) in [5, 5.41) is 8.77. The van der Waals surface area contributed by atoms with E-state index in [9.17, 15) is 0 Å². The Morgan fingerprint density at radius 3 is 2.09 bits per heavy atom. The first-order valence-corrected chi connectivity index (χ1v) is 8.40. The lowest BCUT2D eigenvalue weighted by molar-refractivity contribution is -0.0176. The van der Waals surface area contributed by atoms with Crippen molar-refractivity contribution in [1.29, 1.82) is 0 Å². The molecular formula is C18H21N3O. The van der Waals surface area contributed by atoms with Crippen molar-refractivity contribution in [2.24, 2.45) is 17.8 Å². The van der Waals surface area contributed by atoms with Crippen LogP contribution in [0.15, 0.2) is 28.7 Å². The van der Waals surface area contributed by atoms with Crippen molar-refractivity contribution in [2.45, 2.75) is 43.9 Å². The van der Waals surface area contributed by atoms with E-state index in [0.29, 0.717) is 5.89 Å². The Labute approximate surface area is 130 Å². The molecule has 1 aromatic carbocycles. The van der Waals surface area contributed by atoms with E-state index in [1.165, 1.54) is 38.5 Å². The van der Waals surface area contributed by atoms with Crippen LogP contribution in [-0.2, 0) is 5.41 Å². The van der Waals surface area contributed by atoms with Crippen molar-refractivity contribution < 1.29 is 4.42 Å². The summed E-state index contributed by atoms with van der Waals surface area (Å²) >= 11 is 0. The summed E-state index contributed by atoms with van der Waals surface area (Å²) in [6.45, 7) is 0. The quantitative estimate of drug-likeness (QED) is 0.856. The predicted octanol–water partition coefficient (Wildman–Crippen LogP) is 3.79. The van der Waals surface area contributed by atoms with E-state index in [-0.39, 0.29) is 5.41 Å². The number of hydrogen-bond donors (Lipinski definition) is 1. The van der Waals surface area contributed by atoms with Crippen LogP contribution in [0.25, 0.3) is 11.5 Å². The molecule has 2 aromatic rings. The maximum atomic E-state index is 6.13. The minimum absolute atomic E-state index is 0.174. The third-order valence-corrected chi connectivity index (χ3v) is 6.07. The van der Waals surface area contributed by atoms with Crippen LogP contribution in [0.1, 0.15) is 44.4 Å². The Balaban J connectivity index is 1.50. The largest absolute Gasteiger partial charge is 0.420 e. The van der Waals surface area contributed by atoms with Crippen molar-refractivity contribution >= 4 is 5.69 Å². The monoisotopic (exact) mass is 295 g/mol. The number of hydrogen-bond acceptors (Lipinski definition) is 4. The number of nitrogens with two attached hydrogens (primary N) is 1. The highest BCUT2D eigenvalue weighted by Crippen LogP contribution is 2.60. The van der Waals surface area contributed by atoms with Gasteiger partial charge in [-0.3, -0.25) is 0 Å². The van der Waals surface area contributed by atoms with Gasteiger partial charge >= 0.3 is 0 Å². The molecule has 114 valence electrons. The lowest BCUT2D eigenvalue weighted by Crippen LogP contribution is -2.48. The molecule has 0 atom stereocenters. The fraction of sp³-hybridized carbons (Fsp3) is 0.556. The summed E-state index contributed by atoms with van der Waals surface area (Å²) in [6.07, 6.45) is 8.04. The number of anilines is 1. The maximum absolute atomic E-state index is 6.13. The molecule has 6 rings (SSSR count). The summed E-state index contributed by atoms with van der Waals surface area (Å²) in [6, 6.07) is 7.66. The fourth-order valence-corrected chi connectivity index (χ4v) is 5.55. The van der Waals surface area contributed by atoms with Crippen molar-refractivity contribution in [2.75, 3.05) is 5.73 Å². The maximum Gasteiger partial charge on any atom is 0.247 e. The van der Waals surface area contributed by atoms with E-state index in [2.05, 4.69) is 10.2 Å². The molecule has 4 fully saturated rings. The minimum atomic E-state index is 0.174. The zero-order valence-electron chi connectivity index (χ0n) is 12.7. The molecule has 0 aliphatic heterocycles. The topological polar surface area (TPSA) is 64.9 Å². The summed E-state index contributed by atoms with van der Waals surface area (Å²) in [5.41, 5.74) is 7.63. The molecular weight excluding hydrogens is 274 g/mol. The number of nitrogens with zero attached hydrogens (tertiary/aromatic N) is 2. The van der Waals surface area contributed by atoms with E-state index in [1.807, 2.05) is 24.3 Å². The van der Waals surface area contributed by atoms with Gasteiger partial charge in [-0.1, -0.05) is 0 Å². The predicted molar refractivity (Wildman–Crippen MR) is 84.0 cm³/mol. The highest BCUT2D eigenvalue weighted by Gasteiger charge is 2.54. The first-order valence-electron chi connectivity index (χ1n) is 8.40. The second-order valence-electron chi connectivity index (χ2n) is 7.73. The van der Waals surface area contributed by atoms with Gasteiger partial charge in [0.05, 0.1) is 0 Å². The minimum Gasteiger partial charge on any atom is -0.420 e. The molecule has 2 N–H and O–H groups in total. The molecule has 4 saturated carbocycles. The zero-order chi connectivity index (χ0) is 14.7. The smallest absolute Gasteiger partial charge is 0.247 e. The molecule has 22 heavy (non-hydrogen) atoms. The summed E-state index contributed by atoms with van der Waals surface area (Å²) in [5.74, 6) is 4.18. The number of nitrogen functional groups attached to an aromatic ring is 1. The Kier molecular flexibility index (Phi) is 2.50. The average molecular weight is 295 g/mol. The molecule has 4 nitrogen and oxygen atoms in total. The average Bonchev–Trinajstić information content (AvgIpc) is 2.97. The second-order valence-corrected chi connectivity index (χ2v) is 7.73. The van der Waals surface area contributed by atoms with E-state index in [0.717, 1.165) is 34.9 Å². The van der Waals surface area contributed by atoms with Gasteiger partial charge in [0.2, 0.25) is 11.8 Å². The van der Waals surface area contributed by atoms with Gasteiger partial charge in [-0.15, -0.1) is 10.2 Å². The van der Waals surface area contributed by atoms with Gasteiger partial charge in [-0.2, -0.15) is 0 Å². The molecule has 1 heterocycles. The molecule has 4 aliphatic rings. The van der Waals surface area contributed by atoms with Gasteiger partial charge in [0, 0.05) is 16.7 Å². The third kappa shape index (κ3) is 1.82. The van der Waals surface area contributed by atoms with Crippen LogP contribution in [0.4, 0.5) is 5.69 Å². The first kappa shape index (κ1) is 12.7. The van der Waals surface area contributed by atoms with Crippen molar-refractivity contribution in [3.05, 3.63) is 30.2 Å². The SMILES string of the molecule is Nc1ccc(-c2nnc(C34CC5CC(CC(C5)C3)C4)o2)cc1. The van der Waals surface area contributed by atoms with Gasteiger partial charge < -0.3 is 10.2 Å². The van der Waals surface area contributed by atoms with Crippen LogP contribution < -0.4 is 5.73 Å². The zero-order valence-corrected chi connectivity index (χ0v) is 12.7. The molecule has 4 aliphatic carbocycles. The summed E-state index contributed by atoms with van der Waals surface area (Å²) in [7, 11) is 0. The number of aromatic nitrogens is 2. The van der Waals surface area contributed by atoms with Crippen LogP contribution in [0.3, 0.4) is 0 Å². The Bertz CT molecular complexity index is 668. The van der Waals surface area contributed by atoms with E-state index < -0.39 is 0 Å². The van der Waals surface area contributed by atoms with E-state index >= 15 is 0 Å². The highest BCUT2D eigenvalue weighted by atomic mass is 16.4. The first-order chi connectivity index (χ1) is 10.7. The normalized spacial score (nSPS) is 35.9. The molecule has 0 spiro atoms. The standard InChI is InChI=1S/C18H21N3O/c19-15-3-1-14(2-4-15)16-20-21-17(22-16)18-8-11-5-12(9-18)7-13(6-11)10-18/h1-4,11-13H,5-10,19H2. The fourth-order valence-electron chi connectivity index (χ4n) is 5.55. The molecule has 0 radical (unpaired) electrons. The summed E-state index contributed by atoms with van der Waals surface area (Å²) < 4.78 is 6.13. The molecule has 0 unspecified atom stereocenters. The van der Waals surface area contributed by atoms with Crippen molar-refractivity contribution in [1.82, 2.24) is 10.2 Å². The summed E-state index contributed by atoms with van der Waals surface area (Å²) in [4.78, 5) is 0. The molecule has 1 aromatic heterocycles. The number of benzene rings is 1. The number of rotatable bonds is 2. The van der Waals surface area contributed by atoms with Crippen LogP contribution in [0.5, 0.6) is 0 Å². The Hall–Kier alpha value is -1.84. The van der Waals surface area contributed by atoms with Crippen molar-refractivity contribution in [3.63, 3.8) is 0 Å². The Morgan fingerprint density at radius 1 is 0.909 bits per heavy atom. The van der Waals surface area contributed by atoms with Crippen LogP contribution in [-0.4, -0.2) is 10.2 Å². The highest BCUT2D eigenvalue weighted by molar-refractivity contribution is 5.56. The lowest BCUT2D eigenvalue weighted by atomic mass is 9.49. The second kappa shape index (κ2) is 4.34. The molecule has 0 saturated heterocycles. The van der Waals surface area contributed by atoms with Gasteiger partial charge in [-0.05, 0) is 80.5 Å². The van der Waals surface area contributed by atoms with E-state index in [4.69, 9.17) is 10.2 Å². The van der Waals surface area contributed by atoms with E-state index in [1.54, 1.807) is 0 Å². The van der Waals surface area contributed by atoms with Gasteiger partial charge in [0.1, 0.15) is 0 Å².